The van der Waals surface area contributed by atoms with Crippen molar-refractivity contribution >= 4 is 11.9 Å². The summed E-state index contributed by atoms with van der Waals surface area (Å²) in [4.78, 5) is 29.5. The highest BCUT2D eigenvalue weighted by Crippen LogP contribution is 2.30. The molecule has 3 aromatic carbocycles. The van der Waals surface area contributed by atoms with E-state index in [1.54, 1.807) is 36.5 Å². The minimum absolute atomic E-state index is 0.0322. The maximum atomic E-state index is 13.7. The number of carbonyl (C=O) groups is 1. The Kier molecular flexibility index (Phi) is 9.47. The minimum Gasteiger partial charge on any atom is -0.355 e. The Morgan fingerprint density at radius 3 is 2.31 bits per heavy atom. The molecule has 9 nitrogen and oxygen atoms in total. The van der Waals surface area contributed by atoms with Crippen LogP contribution in [0.5, 0.6) is 0 Å². The first kappa shape index (κ1) is 30.0. The summed E-state index contributed by atoms with van der Waals surface area (Å²) in [5, 5.41) is 6.13. The number of imidazole rings is 1. The van der Waals surface area contributed by atoms with Crippen LogP contribution in [0, 0.1) is 17.6 Å². The molecule has 3 heterocycles. The zero-order chi connectivity index (χ0) is 31.0. The van der Waals surface area contributed by atoms with E-state index in [1.807, 2.05) is 30.3 Å². The van der Waals surface area contributed by atoms with Crippen LogP contribution in [0.3, 0.4) is 0 Å². The van der Waals surface area contributed by atoms with Crippen molar-refractivity contribution in [2.24, 2.45) is 5.92 Å². The molecule has 0 saturated carbocycles. The lowest BCUT2D eigenvalue weighted by Crippen LogP contribution is -2.40. The quantitative estimate of drug-likeness (QED) is 0.186. The number of nitrogens with zero attached hydrogens (tertiary/aromatic N) is 3. The molecule has 6 rings (SSSR count). The summed E-state index contributed by atoms with van der Waals surface area (Å²) in [7, 11) is 0. The van der Waals surface area contributed by atoms with Crippen molar-refractivity contribution in [1.29, 1.82) is 0 Å². The molecule has 1 aliphatic heterocycles. The van der Waals surface area contributed by atoms with Gasteiger partial charge in [0.05, 0.1) is 43.1 Å². The fourth-order valence-corrected chi connectivity index (χ4v) is 4.97. The Balaban J connectivity index is 1.10. The van der Waals surface area contributed by atoms with E-state index in [2.05, 4.69) is 25.6 Å². The molecule has 1 saturated heterocycles. The van der Waals surface area contributed by atoms with E-state index in [0.717, 1.165) is 11.1 Å². The van der Waals surface area contributed by atoms with Crippen molar-refractivity contribution in [3.05, 3.63) is 120 Å². The van der Waals surface area contributed by atoms with Crippen molar-refractivity contribution in [3.8, 4) is 22.6 Å². The monoisotopic (exact) mass is 610 g/mol. The lowest BCUT2D eigenvalue weighted by molar-refractivity contribution is -0.198. The summed E-state index contributed by atoms with van der Waals surface area (Å²) in [5.41, 5.74) is 4.38. The third-order valence-electron chi connectivity index (χ3n) is 7.34. The number of amides is 1. The third kappa shape index (κ3) is 8.14. The van der Waals surface area contributed by atoms with Crippen LogP contribution in [0.2, 0.25) is 0 Å². The van der Waals surface area contributed by atoms with Gasteiger partial charge in [0, 0.05) is 30.8 Å². The Bertz CT molecular complexity index is 1710. The van der Waals surface area contributed by atoms with Crippen LogP contribution in [0.25, 0.3) is 22.6 Å². The van der Waals surface area contributed by atoms with Crippen LogP contribution in [-0.4, -0.2) is 51.9 Å². The maximum absolute atomic E-state index is 13.7. The molecule has 1 amide bonds. The number of hydrogen-bond acceptors (Lipinski definition) is 7. The average Bonchev–Trinajstić information content (AvgIpc) is 3.49. The summed E-state index contributed by atoms with van der Waals surface area (Å²) in [5.74, 6) is 0.345. The SMILES string of the molecule is O=C(Cc1ccccc1)NCC1COC(Cc2nc(-c3ccc(F)cc3)c(-c3ccnc(NCc4ccc(F)cc4)n3)[nH]2)OC1. The van der Waals surface area contributed by atoms with Crippen LogP contribution in [-0.2, 0) is 33.7 Å². The van der Waals surface area contributed by atoms with Gasteiger partial charge in [-0.15, -0.1) is 0 Å². The van der Waals surface area contributed by atoms with Crippen LogP contribution in [0.1, 0.15) is 17.0 Å². The number of benzene rings is 3. The third-order valence-corrected chi connectivity index (χ3v) is 7.34. The van der Waals surface area contributed by atoms with Crippen LogP contribution >= 0.6 is 0 Å². The lowest BCUT2D eigenvalue weighted by Gasteiger charge is -2.29. The molecule has 0 aliphatic carbocycles. The van der Waals surface area contributed by atoms with Crippen molar-refractivity contribution in [2.75, 3.05) is 25.1 Å². The topological polar surface area (TPSA) is 114 Å². The first-order chi connectivity index (χ1) is 22.0. The van der Waals surface area contributed by atoms with Crippen molar-refractivity contribution < 1.29 is 23.0 Å². The van der Waals surface area contributed by atoms with Gasteiger partial charge >= 0.3 is 0 Å². The second kappa shape index (κ2) is 14.2. The normalized spacial score (nSPS) is 16.3. The number of nitrogens with one attached hydrogen (secondary N) is 3. The molecule has 2 aromatic heterocycles. The van der Waals surface area contributed by atoms with E-state index in [1.165, 1.54) is 24.3 Å². The fraction of sp³-hybridized carbons (Fsp3) is 0.235. The van der Waals surface area contributed by atoms with Gasteiger partial charge in [0.25, 0.3) is 0 Å². The predicted molar refractivity (Wildman–Crippen MR) is 165 cm³/mol. The number of aromatic nitrogens is 4. The van der Waals surface area contributed by atoms with Gasteiger partial charge in [-0.2, -0.15) is 0 Å². The molecule has 0 radical (unpaired) electrons. The van der Waals surface area contributed by atoms with E-state index in [0.29, 0.717) is 73.6 Å². The number of rotatable bonds is 11. The van der Waals surface area contributed by atoms with Crippen molar-refractivity contribution in [2.45, 2.75) is 25.7 Å². The first-order valence-corrected chi connectivity index (χ1v) is 14.7. The molecule has 0 spiro atoms. The molecule has 45 heavy (non-hydrogen) atoms. The number of H-pyrrole nitrogens is 1. The average molecular weight is 611 g/mol. The van der Waals surface area contributed by atoms with Gasteiger partial charge in [-0.25, -0.2) is 23.7 Å². The van der Waals surface area contributed by atoms with Crippen LogP contribution in [0.15, 0.2) is 91.1 Å². The minimum atomic E-state index is -0.528. The van der Waals surface area contributed by atoms with Gasteiger partial charge in [0.2, 0.25) is 11.9 Å². The second-order valence-corrected chi connectivity index (χ2v) is 10.8. The van der Waals surface area contributed by atoms with Crippen LogP contribution < -0.4 is 10.6 Å². The molecule has 0 bridgehead atoms. The van der Waals surface area contributed by atoms with Crippen molar-refractivity contribution in [3.63, 3.8) is 0 Å². The van der Waals surface area contributed by atoms with Gasteiger partial charge in [0.1, 0.15) is 17.5 Å². The van der Waals surface area contributed by atoms with E-state index in [4.69, 9.17) is 14.5 Å². The largest absolute Gasteiger partial charge is 0.355 e. The zero-order valence-corrected chi connectivity index (χ0v) is 24.4. The van der Waals surface area contributed by atoms with E-state index < -0.39 is 6.29 Å². The van der Waals surface area contributed by atoms with E-state index in [-0.39, 0.29) is 23.5 Å². The first-order valence-electron chi connectivity index (χ1n) is 14.7. The number of aromatic amines is 1. The molecule has 0 unspecified atom stereocenters. The highest BCUT2D eigenvalue weighted by Gasteiger charge is 2.25. The fourth-order valence-electron chi connectivity index (χ4n) is 4.97. The molecule has 5 aromatic rings. The maximum Gasteiger partial charge on any atom is 0.224 e. The van der Waals surface area contributed by atoms with Gasteiger partial charge < -0.3 is 25.1 Å². The summed E-state index contributed by atoms with van der Waals surface area (Å²) in [6.45, 7) is 1.74. The molecule has 1 aliphatic rings. The Hall–Kier alpha value is -5.00. The summed E-state index contributed by atoms with van der Waals surface area (Å²) in [6, 6.07) is 23.7. The molecule has 230 valence electrons. The number of carbonyl (C=O) groups excluding carboxylic acids is 1. The molecule has 0 atom stereocenters. The van der Waals surface area contributed by atoms with Gasteiger partial charge in [-0.3, -0.25) is 4.79 Å². The van der Waals surface area contributed by atoms with Gasteiger partial charge in [0.15, 0.2) is 6.29 Å². The number of ether oxygens (including phenoxy) is 2. The molecule has 1 fully saturated rings. The summed E-state index contributed by atoms with van der Waals surface area (Å²) in [6.07, 6.45) is 1.78. The number of hydrogen-bond donors (Lipinski definition) is 3. The van der Waals surface area contributed by atoms with Crippen molar-refractivity contribution in [1.82, 2.24) is 25.3 Å². The standard InChI is InChI=1S/C34H32F2N6O3/c35-26-10-6-23(7-11-26)18-39-34-37-15-14-28(40-34)33-32(25-8-12-27(36)13-9-25)41-29(42-33)17-31-44-20-24(21-45-31)19-38-30(43)16-22-4-2-1-3-5-22/h1-15,24,31H,16-21H2,(H,38,43)(H,41,42)(H,37,39,40). The van der Waals surface area contributed by atoms with E-state index >= 15 is 0 Å². The van der Waals surface area contributed by atoms with Crippen LogP contribution in [0.4, 0.5) is 14.7 Å². The van der Waals surface area contributed by atoms with Gasteiger partial charge in [-0.1, -0.05) is 42.5 Å². The predicted octanol–water partition coefficient (Wildman–Crippen LogP) is 5.31. The number of halogens is 2. The zero-order valence-electron chi connectivity index (χ0n) is 24.4. The lowest BCUT2D eigenvalue weighted by atomic mass is 10.1. The highest BCUT2D eigenvalue weighted by atomic mass is 19.1. The van der Waals surface area contributed by atoms with Gasteiger partial charge in [-0.05, 0) is 53.6 Å². The summed E-state index contributed by atoms with van der Waals surface area (Å²) >= 11 is 0. The molecular formula is C34H32F2N6O3. The molecule has 3 N–H and O–H groups in total. The molecular weight excluding hydrogens is 578 g/mol. The second-order valence-electron chi connectivity index (χ2n) is 10.8. The number of anilines is 1. The summed E-state index contributed by atoms with van der Waals surface area (Å²) < 4.78 is 39.0. The Morgan fingerprint density at radius 1 is 0.867 bits per heavy atom. The molecule has 11 heteroatoms. The smallest absolute Gasteiger partial charge is 0.224 e. The Labute approximate surface area is 259 Å². The highest BCUT2D eigenvalue weighted by molar-refractivity contribution is 5.78. The van der Waals surface area contributed by atoms with E-state index in [9.17, 15) is 13.6 Å². The Morgan fingerprint density at radius 2 is 1.58 bits per heavy atom.